The van der Waals surface area contributed by atoms with E-state index in [0.29, 0.717) is 17.5 Å². The number of carbonyl (C=O) groups excluding carboxylic acids is 2. The van der Waals surface area contributed by atoms with Crippen molar-refractivity contribution in [1.82, 2.24) is 0 Å². The van der Waals surface area contributed by atoms with E-state index < -0.39 is 0 Å². The Hall–Kier alpha value is -3.13. The summed E-state index contributed by atoms with van der Waals surface area (Å²) in [5, 5.41) is 11.8. The zero-order valence-electron chi connectivity index (χ0n) is 13.7. The van der Waals surface area contributed by atoms with E-state index in [0.717, 1.165) is 48.3 Å². The highest BCUT2D eigenvalue weighted by molar-refractivity contribution is 6.05. The first kappa shape index (κ1) is 15.4. The van der Waals surface area contributed by atoms with Crippen LogP contribution in [-0.2, 0) is 17.6 Å². The smallest absolute Gasteiger partial charge is 0.255 e. The summed E-state index contributed by atoms with van der Waals surface area (Å²) in [4.78, 5) is 26.5. The Bertz CT molecular complexity index is 893. The molecule has 0 bridgehead atoms. The van der Waals surface area contributed by atoms with Gasteiger partial charge < -0.3 is 10.2 Å². The molecule has 4 rings (SSSR count). The number of hydrogen-bond acceptors (Lipinski definition) is 3. The molecule has 0 aromatic heterocycles. The molecular weight excluding hydrogens is 314 g/mol. The van der Waals surface area contributed by atoms with Crippen molar-refractivity contribution < 1.29 is 9.59 Å². The quantitative estimate of drug-likeness (QED) is 0.919. The van der Waals surface area contributed by atoms with Crippen LogP contribution in [0.5, 0.6) is 0 Å². The van der Waals surface area contributed by atoms with E-state index in [4.69, 9.17) is 5.26 Å². The lowest BCUT2D eigenvalue weighted by molar-refractivity contribution is -0.119. The van der Waals surface area contributed by atoms with Crippen molar-refractivity contribution in [2.24, 2.45) is 0 Å². The van der Waals surface area contributed by atoms with Crippen LogP contribution < -0.4 is 10.2 Å². The van der Waals surface area contributed by atoms with Gasteiger partial charge in [0.15, 0.2) is 0 Å². The van der Waals surface area contributed by atoms with Crippen LogP contribution in [0.25, 0.3) is 0 Å². The third-order valence-electron chi connectivity index (χ3n) is 4.81. The minimum absolute atomic E-state index is 0.197. The van der Waals surface area contributed by atoms with Gasteiger partial charge >= 0.3 is 0 Å². The average Bonchev–Trinajstić information content (AvgIpc) is 2.64. The van der Waals surface area contributed by atoms with Gasteiger partial charge in [-0.15, -0.1) is 0 Å². The van der Waals surface area contributed by atoms with Crippen molar-refractivity contribution in [1.29, 1.82) is 5.26 Å². The lowest BCUT2D eigenvalue weighted by atomic mass is 9.91. The van der Waals surface area contributed by atoms with E-state index in [-0.39, 0.29) is 11.8 Å². The molecule has 25 heavy (non-hydrogen) atoms. The van der Waals surface area contributed by atoms with Gasteiger partial charge in [0.25, 0.3) is 5.91 Å². The number of nitriles is 1. The molecule has 124 valence electrons. The van der Waals surface area contributed by atoms with E-state index in [1.807, 2.05) is 23.1 Å². The van der Waals surface area contributed by atoms with Crippen LogP contribution in [0.15, 0.2) is 36.4 Å². The topological polar surface area (TPSA) is 73.2 Å². The molecule has 2 aromatic rings. The van der Waals surface area contributed by atoms with Gasteiger partial charge in [-0.05, 0) is 66.8 Å². The average molecular weight is 331 g/mol. The molecular formula is C20H17N3O2. The standard InChI is InChI=1S/C20H17N3O2/c21-12-13-3-5-14(6-4-13)20(25)22-17-10-15-2-1-9-23-18(24)8-7-16(11-17)19(15)23/h3-6,10-11H,1-2,7-9H2,(H,22,25). The van der Waals surface area contributed by atoms with Crippen LogP contribution in [0.2, 0.25) is 0 Å². The molecule has 2 aliphatic heterocycles. The Morgan fingerprint density at radius 3 is 2.52 bits per heavy atom. The number of aryl methyl sites for hydroxylation is 2. The van der Waals surface area contributed by atoms with Gasteiger partial charge in [0.1, 0.15) is 0 Å². The first-order valence-electron chi connectivity index (χ1n) is 8.43. The fourth-order valence-corrected chi connectivity index (χ4v) is 3.62. The Morgan fingerprint density at radius 1 is 1.08 bits per heavy atom. The number of rotatable bonds is 2. The maximum absolute atomic E-state index is 12.5. The molecule has 0 saturated heterocycles. The molecule has 5 nitrogen and oxygen atoms in total. The van der Waals surface area contributed by atoms with E-state index in [1.54, 1.807) is 24.3 Å². The molecule has 0 spiro atoms. The minimum atomic E-state index is -0.198. The summed E-state index contributed by atoms with van der Waals surface area (Å²) in [7, 11) is 0. The number of hydrogen-bond donors (Lipinski definition) is 1. The summed E-state index contributed by atoms with van der Waals surface area (Å²) in [5.74, 6) is -0.000917. The van der Waals surface area contributed by atoms with Crippen molar-refractivity contribution in [2.75, 3.05) is 16.8 Å². The second-order valence-electron chi connectivity index (χ2n) is 6.44. The molecule has 2 amide bonds. The molecule has 1 N–H and O–H groups in total. The lowest BCUT2D eigenvalue weighted by Gasteiger charge is -2.35. The molecule has 0 aliphatic carbocycles. The highest BCUT2D eigenvalue weighted by Crippen LogP contribution is 2.37. The van der Waals surface area contributed by atoms with Crippen LogP contribution in [0.1, 0.15) is 39.9 Å². The Balaban J connectivity index is 1.62. The van der Waals surface area contributed by atoms with E-state index >= 15 is 0 Å². The first-order valence-corrected chi connectivity index (χ1v) is 8.43. The summed E-state index contributed by atoms with van der Waals surface area (Å²) in [6.45, 7) is 0.787. The van der Waals surface area contributed by atoms with Gasteiger partial charge in [0.2, 0.25) is 5.91 Å². The van der Waals surface area contributed by atoms with E-state index in [2.05, 4.69) is 5.32 Å². The highest BCUT2D eigenvalue weighted by atomic mass is 16.2. The fourth-order valence-electron chi connectivity index (χ4n) is 3.62. The van der Waals surface area contributed by atoms with E-state index in [9.17, 15) is 9.59 Å². The van der Waals surface area contributed by atoms with Gasteiger partial charge in [-0.1, -0.05) is 0 Å². The fraction of sp³-hybridized carbons (Fsp3) is 0.250. The number of anilines is 2. The van der Waals surface area contributed by atoms with Crippen molar-refractivity contribution in [2.45, 2.75) is 25.7 Å². The summed E-state index contributed by atoms with van der Waals surface area (Å²) < 4.78 is 0. The number of carbonyl (C=O) groups is 2. The third kappa shape index (κ3) is 2.76. The molecule has 0 fully saturated rings. The minimum Gasteiger partial charge on any atom is -0.322 e. The summed E-state index contributed by atoms with van der Waals surface area (Å²) in [5.41, 5.74) is 5.12. The largest absolute Gasteiger partial charge is 0.322 e. The number of nitrogens with one attached hydrogen (secondary N) is 1. The SMILES string of the molecule is N#Cc1ccc(C(=O)Nc2cc3c4c(c2)CCC(=O)N4CCC3)cc1. The molecule has 0 saturated carbocycles. The van der Waals surface area contributed by atoms with Gasteiger partial charge in [0.05, 0.1) is 17.3 Å². The van der Waals surface area contributed by atoms with E-state index in [1.165, 1.54) is 0 Å². The van der Waals surface area contributed by atoms with Crippen LogP contribution in [0.4, 0.5) is 11.4 Å². The molecule has 2 heterocycles. The van der Waals surface area contributed by atoms with Crippen LogP contribution in [0, 0.1) is 11.3 Å². The molecule has 0 unspecified atom stereocenters. The summed E-state index contributed by atoms with van der Waals surface area (Å²) >= 11 is 0. The Morgan fingerprint density at radius 2 is 1.80 bits per heavy atom. The maximum atomic E-state index is 12.5. The number of nitrogens with zero attached hydrogens (tertiary/aromatic N) is 2. The maximum Gasteiger partial charge on any atom is 0.255 e. The second kappa shape index (κ2) is 6.06. The molecule has 0 atom stereocenters. The van der Waals surface area contributed by atoms with Crippen LogP contribution in [0.3, 0.4) is 0 Å². The highest BCUT2D eigenvalue weighted by Gasteiger charge is 2.29. The van der Waals surface area contributed by atoms with Crippen molar-refractivity contribution in [3.63, 3.8) is 0 Å². The van der Waals surface area contributed by atoms with Crippen molar-refractivity contribution in [3.8, 4) is 6.07 Å². The zero-order valence-corrected chi connectivity index (χ0v) is 13.7. The van der Waals surface area contributed by atoms with Crippen molar-refractivity contribution >= 4 is 23.2 Å². The predicted octanol–water partition coefficient (Wildman–Crippen LogP) is 3.04. The zero-order chi connectivity index (χ0) is 17.4. The molecule has 2 aliphatic rings. The number of benzene rings is 2. The molecule has 2 aromatic carbocycles. The van der Waals surface area contributed by atoms with Gasteiger partial charge in [0, 0.05) is 24.2 Å². The second-order valence-corrected chi connectivity index (χ2v) is 6.44. The van der Waals surface area contributed by atoms with Crippen LogP contribution >= 0.6 is 0 Å². The van der Waals surface area contributed by atoms with Gasteiger partial charge in [-0.2, -0.15) is 5.26 Å². The predicted molar refractivity (Wildman–Crippen MR) is 94.5 cm³/mol. The van der Waals surface area contributed by atoms with Crippen LogP contribution in [-0.4, -0.2) is 18.4 Å². The summed E-state index contributed by atoms with van der Waals surface area (Å²) in [6.07, 6.45) is 3.12. The first-order chi connectivity index (χ1) is 12.2. The normalized spacial score (nSPS) is 15.3. The number of amides is 2. The third-order valence-corrected chi connectivity index (χ3v) is 4.81. The molecule has 0 radical (unpaired) electrons. The molecule has 5 heteroatoms. The van der Waals surface area contributed by atoms with Gasteiger partial charge in [-0.25, -0.2) is 0 Å². The summed E-state index contributed by atoms with van der Waals surface area (Å²) in [6, 6.07) is 12.6. The monoisotopic (exact) mass is 331 g/mol. The Kier molecular flexibility index (Phi) is 3.73. The lowest BCUT2D eigenvalue weighted by Crippen LogP contribution is -2.39. The van der Waals surface area contributed by atoms with Crippen molar-refractivity contribution in [3.05, 3.63) is 58.7 Å². The Labute approximate surface area is 145 Å². The van der Waals surface area contributed by atoms with Gasteiger partial charge in [-0.3, -0.25) is 9.59 Å².